The summed E-state index contributed by atoms with van der Waals surface area (Å²) in [4.78, 5) is 29.2. The van der Waals surface area contributed by atoms with Crippen LogP contribution in [0, 0.1) is 0 Å². The van der Waals surface area contributed by atoms with E-state index in [4.69, 9.17) is 15.0 Å². The summed E-state index contributed by atoms with van der Waals surface area (Å²) in [5, 5.41) is 20.7. The minimum Gasteiger partial charge on any atom is -0.393 e. The molecule has 3 aromatic heterocycles. The summed E-state index contributed by atoms with van der Waals surface area (Å²) in [6, 6.07) is 16.8. The Bertz CT molecular complexity index is 1870. The number of aliphatic hydroxyl groups excluding tert-OH is 1. The van der Waals surface area contributed by atoms with E-state index in [2.05, 4.69) is 60.0 Å². The number of piperidine rings is 1. The van der Waals surface area contributed by atoms with Crippen LogP contribution in [0.3, 0.4) is 0 Å². The number of fused-ring (bicyclic) bond motifs is 4. The van der Waals surface area contributed by atoms with Gasteiger partial charge in [-0.05, 0) is 60.3 Å². The van der Waals surface area contributed by atoms with Gasteiger partial charge in [0, 0.05) is 47.8 Å². The number of carbonyl (C=O) groups excluding carboxylic acids is 1. The minimum atomic E-state index is -0.258. The molecule has 5 heterocycles. The fraction of sp³-hybridized carbons (Fsp3) is 0.343. The number of nitrogens with zero attached hydrogens (tertiary/aromatic N) is 6. The fourth-order valence-corrected chi connectivity index (χ4v) is 6.90. The third-order valence-electron chi connectivity index (χ3n) is 9.09. The monoisotopic (exact) mass is 587 g/mol. The highest BCUT2D eigenvalue weighted by Crippen LogP contribution is 2.39. The number of hydrogen-bond donors (Lipinski definition) is 2. The van der Waals surface area contributed by atoms with Crippen molar-refractivity contribution in [3.05, 3.63) is 90.3 Å². The Kier molecular flexibility index (Phi) is 7.34. The van der Waals surface area contributed by atoms with E-state index in [0.29, 0.717) is 24.9 Å². The predicted molar refractivity (Wildman–Crippen MR) is 173 cm³/mol. The van der Waals surface area contributed by atoms with Crippen LogP contribution in [0.1, 0.15) is 62.1 Å². The van der Waals surface area contributed by atoms with E-state index < -0.39 is 0 Å². The highest BCUT2D eigenvalue weighted by molar-refractivity contribution is 5.97. The smallest absolute Gasteiger partial charge is 0.231 e. The van der Waals surface area contributed by atoms with Gasteiger partial charge in [0.1, 0.15) is 0 Å². The van der Waals surface area contributed by atoms with Gasteiger partial charge in [0.15, 0.2) is 11.4 Å². The van der Waals surface area contributed by atoms with Crippen molar-refractivity contribution in [2.45, 2.75) is 76.6 Å². The van der Waals surface area contributed by atoms with Crippen LogP contribution in [0.4, 0.5) is 11.9 Å². The summed E-state index contributed by atoms with van der Waals surface area (Å²) in [5.74, 6) is 1.60. The van der Waals surface area contributed by atoms with Crippen molar-refractivity contribution in [3.8, 4) is 11.3 Å². The first-order valence-electron chi connectivity index (χ1n) is 15.5. The molecule has 2 N–H and O–H groups in total. The molecule has 9 nitrogen and oxygen atoms in total. The third kappa shape index (κ3) is 5.11. The Morgan fingerprint density at radius 2 is 1.91 bits per heavy atom. The average molecular weight is 588 g/mol. The maximum absolute atomic E-state index is 11.9. The van der Waals surface area contributed by atoms with E-state index in [1.807, 2.05) is 41.2 Å². The number of aromatic nitrogens is 5. The number of aliphatic hydroxyl groups is 1. The summed E-state index contributed by atoms with van der Waals surface area (Å²) in [5.41, 5.74) is 5.83. The first-order chi connectivity index (χ1) is 21.4. The number of rotatable bonds is 9. The van der Waals surface area contributed by atoms with Crippen molar-refractivity contribution in [3.63, 3.8) is 0 Å². The minimum absolute atomic E-state index is 0.000244. The molecule has 9 heteroatoms. The van der Waals surface area contributed by atoms with Gasteiger partial charge in [-0.1, -0.05) is 62.9 Å². The summed E-state index contributed by atoms with van der Waals surface area (Å²) in [6.45, 7) is 8.41. The largest absolute Gasteiger partial charge is 0.393 e. The standard InChI is InChI=1S/C35H37N7O2/c1-4-27(43)16-22-9-12-30-23(15-22)13-14-36-32(30)29-8-6-5-7-24(29)19-37-34-40-35(39-33-31(21(2)3)20-38-42(33)34)41-25-10-11-26(41)18-28(44)17-25/h4-9,12-15,20-21,25-26,28,44H,1,10-11,16-19H2,2-3H3,(H,37,39,40). The lowest BCUT2D eigenvalue weighted by Gasteiger charge is -2.37. The lowest BCUT2D eigenvalue weighted by Crippen LogP contribution is -2.45. The van der Waals surface area contributed by atoms with Crippen LogP contribution in [0.25, 0.3) is 27.7 Å². The van der Waals surface area contributed by atoms with Crippen LogP contribution in [0.5, 0.6) is 0 Å². The number of ketones is 1. The van der Waals surface area contributed by atoms with E-state index >= 15 is 0 Å². The Balaban J connectivity index is 1.24. The number of allylic oxidation sites excluding steroid dienone is 1. The zero-order chi connectivity index (χ0) is 30.4. The fourth-order valence-electron chi connectivity index (χ4n) is 6.90. The number of pyridine rings is 1. The molecule has 0 radical (unpaired) electrons. The predicted octanol–water partition coefficient (Wildman–Crippen LogP) is 5.86. The lowest BCUT2D eigenvalue weighted by atomic mass is 9.97. The molecule has 5 aromatic rings. The van der Waals surface area contributed by atoms with E-state index in [0.717, 1.165) is 70.1 Å². The van der Waals surface area contributed by atoms with Gasteiger partial charge in [-0.25, -0.2) is 0 Å². The molecule has 0 spiro atoms. The second-order valence-electron chi connectivity index (χ2n) is 12.3. The third-order valence-corrected chi connectivity index (χ3v) is 9.09. The SMILES string of the molecule is C=CC(=O)Cc1ccc2c(-c3ccccc3CNc3nc(N4C5CCC4CC(O)C5)nc4c(C(C)C)cnn34)nccc2c1. The van der Waals surface area contributed by atoms with Crippen molar-refractivity contribution >= 4 is 34.1 Å². The number of anilines is 2. The molecule has 2 saturated heterocycles. The van der Waals surface area contributed by atoms with Gasteiger partial charge in [0.05, 0.1) is 18.0 Å². The molecule has 2 atom stereocenters. The van der Waals surface area contributed by atoms with Gasteiger partial charge in [0.25, 0.3) is 0 Å². The van der Waals surface area contributed by atoms with E-state index in [9.17, 15) is 9.90 Å². The summed E-state index contributed by atoms with van der Waals surface area (Å²) >= 11 is 0. The summed E-state index contributed by atoms with van der Waals surface area (Å²) < 4.78 is 1.81. The Hall–Kier alpha value is -4.63. The highest BCUT2D eigenvalue weighted by Gasteiger charge is 2.42. The molecule has 2 aliphatic rings. The Morgan fingerprint density at radius 1 is 1.11 bits per heavy atom. The molecule has 2 bridgehead atoms. The molecule has 2 fully saturated rings. The zero-order valence-electron chi connectivity index (χ0n) is 25.1. The maximum atomic E-state index is 11.9. The van der Waals surface area contributed by atoms with E-state index in [-0.39, 0.29) is 29.9 Å². The number of nitrogens with one attached hydrogen (secondary N) is 1. The van der Waals surface area contributed by atoms with Gasteiger partial charge < -0.3 is 15.3 Å². The quantitative estimate of drug-likeness (QED) is 0.206. The van der Waals surface area contributed by atoms with E-state index in [1.54, 1.807) is 0 Å². The molecule has 2 aromatic carbocycles. The second-order valence-corrected chi connectivity index (χ2v) is 12.3. The number of benzene rings is 2. The maximum Gasteiger partial charge on any atom is 0.231 e. The molecule has 44 heavy (non-hydrogen) atoms. The molecular formula is C35H37N7O2. The number of carbonyl (C=O) groups is 1. The molecule has 7 rings (SSSR count). The molecule has 2 aliphatic heterocycles. The van der Waals surface area contributed by atoms with Crippen LogP contribution < -0.4 is 10.2 Å². The molecular weight excluding hydrogens is 550 g/mol. The van der Waals surface area contributed by atoms with Crippen LogP contribution in [0.15, 0.2) is 73.6 Å². The van der Waals surface area contributed by atoms with Gasteiger partial charge in [-0.2, -0.15) is 19.6 Å². The molecule has 0 amide bonds. The van der Waals surface area contributed by atoms with Crippen LogP contribution >= 0.6 is 0 Å². The molecule has 0 aliphatic carbocycles. The summed E-state index contributed by atoms with van der Waals surface area (Å²) in [6.07, 6.45) is 8.76. The molecule has 224 valence electrons. The van der Waals surface area contributed by atoms with Gasteiger partial charge in [0.2, 0.25) is 11.9 Å². The molecule has 2 unspecified atom stereocenters. The summed E-state index contributed by atoms with van der Waals surface area (Å²) in [7, 11) is 0. The Labute approximate surface area is 256 Å². The highest BCUT2D eigenvalue weighted by atomic mass is 16.3. The van der Waals surface area contributed by atoms with E-state index in [1.165, 1.54) is 6.08 Å². The first kappa shape index (κ1) is 28.2. The second kappa shape index (κ2) is 11.5. The average Bonchev–Trinajstić information content (AvgIpc) is 3.58. The van der Waals surface area contributed by atoms with Crippen molar-refractivity contribution in [2.75, 3.05) is 10.2 Å². The lowest BCUT2D eigenvalue weighted by molar-refractivity contribution is -0.114. The topological polar surface area (TPSA) is 109 Å². The van der Waals surface area contributed by atoms with Gasteiger partial charge in [-0.3, -0.25) is 9.78 Å². The Morgan fingerprint density at radius 3 is 2.68 bits per heavy atom. The van der Waals surface area contributed by atoms with Crippen LogP contribution in [-0.4, -0.2) is 53.6 Å². The van der Waals surface area contributed by atoms with Gasteiger partial charge >= 0.3 is 0 Å². The van der Waals surface area contributed by atoms with Crippen molar-refractivity contribution < 1.29 is 9.90 Å². The zero-order valence-corrected chi connectivity index (χ0v) is 25.1. The first-order valence-corrected chi connectivity index (χ1v) is 15.5. The van der Waals surface area contributed by atoms with Crippen molar-refractivity contribution in [2.24, 2.45) is 0 Å². The number of hydrogen-bond acceptors (Lipinski definition) is 8. The van der Waals surface area contributed by atoms with Crippen LogP contribution in [0.2, 0.25) is 0 Å². The van der Waals surface area contributed by atoms with Gasteiger partial charge in [-0.15, -0.1) is 0 Å². The van der Waals surface area contributed by atoms with Crippen molar-refractivity contribution in [1.29, 1.82) is 0 Å². The molecule has 0 saturated carbocycles. The normalized spacial score (nSPS) is 19.6. The van der Waals surface area contributed by atoms with Crippen LogP contribution in [-0.2, 0) is 17.8 Å². The van der Waals surface area contributed by atoms with Crippen molar-refractivity contribution in [1.82, 2.24) is 24.6 Å².